The van der Waals surface area contributed by atoms with Gasteiger partial charge in [0.2, 0.25) is 17.8 Å². The third kappa shape index (κ3) is 4.02. The summed E-state index contributed by atoms with van der Waals surface area (Å²) in [6.07, 6.45) is 1.47. The van der Waals surface area contributed by atoms with Crippen molar-refractivity contribution < 1.29 is 14.3 Å². The number of primary amides is 1. The quantitative estimate of drug-likeness (QED) is 0.737. The molecule has 0 aliphatic rings. The first-order chi connectivity index (χ1) is 12.5. The van der Waals surface area contributed by atoms with Gasteiger partial charge in [0.05, 0.1) is 6.20 Å². The minimum atomic E-state index is -0.545. The molecule has 26 heavy (non-hydrogen) atoms. The van der Waals surface area contributed by atoms with Crippen molar-refractivity contribution in [1.82, 2.24) is 9.97 Å². The molecule has 0 fully saturated rings. The second-order valence-electron chi connectivity index (χ2n) is 5.45. The summed E-state index contributed by atoms with van der Waals surface area (Å²) in [5.74, 6) is 0.165. The summed E-state index contributed by atoms with van der Waals surface area (Å²) >= 11 is 0. The first-order valence-electron chi connectivity index (χ1n) is 7.80. The fourth-order valence-electron chi connectivity index (χ4n) is 2.31. The number of nitrogens with one attached hydrogen (secondary N) is 1. The third-order valence-electron chi connectivity index (χ3n) is 3.44. The van der Waals surface area contributed by atoms with Gasteiger partial charge in [0, 0.05) is 18.1 Å². The molecule has 0 saturated heterocycles. The molecule has 0 unspecified atom stereocenters. The Hall–Kier alpha value is -3.74. The van der Waals surface area contributed by atoms with Crippen LogP contribution in [0.1, 0.15) is 17.3 Å². The van der Waals surface area contributed by atoms with Crippen LogP contribution < -0.4 is 15.8 Å². The van der Waals surface area contributed by atoms with Crippen LogP contribution in [0.4, 0.5) is 5.95 Å². The van der Waals surface area contributed by atoms with Gasteiger partial charge >= 0.3 is 0 Å². The van der Waals surface area contributed by atoms with Gasteiger partial charge in [-0.3, -0.25) is 14.9 Å². The van der Waals surface area contributed by atoms with E-state index in [9.17, 15) is 9.59 Å². The first kappa shape index (κ1) is 17.1. The zero-order valence-corrected chi connectivity index (χ0v) is 14.0. The van der Waals surface area contributed by atoms with E-state index in [-0.39, 0.29) is 11.9 Å². The molecule has 0 aliphatic carbocycles. The summed E-state index contributed by atoms with van der Waals surface area (Å²) in [6.45, 7) is 1.38. The molecule has 7 heteroatoms. The first-order valence-corrected chi connectivity index (χ1v) is 7.80. The molecule has 0 spiro atoms. The van der Waals surface area contributed by atoms with E-state index < -0.39 is 5.91 Å². The van der Waals surface area contributed by atoms with Crippen LogP contribution in [-0.2, 0) is 4.79 Å². The molecule has 0 radical (unpaired) electrons. The van der Waals surface area contributed by atoms with Crippen LogP contribution in [0.15, 0.2) is 60.8 Å². The minimum absolute atomic E-state index is 0.176. The monoisotopic (exact) mass is 348 g/mol. The maximum atomic E-state index is 11.3. The van der Waals surface area contributed by atoms with E-state index >= 15 is 0 Å². The maximum absolute atomic E-state index is 11.3. The van der Waals surface area contributed by atoms with Crippen LogP contribution >= 0.6 is 0 Å². The van der Waals surface area contributed by atoms with Crippen molar-refractivity contribution in [2.45, 2.75) is 6.92 Å². The summed E-state index contributed by atoms with van der Waals surface area (Å²) < 4.78 is 5.87. The highest BCUT2D eigenvalue weighted by Gasteiger charge is 2.13. The molecule has 1 aromatic heterocycles. The maximum Gasteiger partial charge on any atom is 0.248 e. The Kier molecular flexibility index (Phi) is 4.89. The standard InChI is InChI=1S/C19H16N4O3/c1-12(24)22-19-21-11-16(17(23-19)13-6-3-2-4-7-13)26-15-9-5-8-14(10-15)18(20)25/h2-11H,1H3,(H2,20,25)(H,21,22,23,24). The van der Waals surface area contributed by atoms with E-state index in [0.717, 1.165) is 5.56 Å². The molecule has 0 saturated carbocycles. The number of hydrogen-bond acceptors (Lipinski definition) is 5. The summed E-state index contributed by atoms with van der Waals surface area (Å²) in [7, 11) is 0. The fraction of sp³-hybridized carbons (Fsp3) is 0.0526. The van der Waals surface area contributed by atoms with Crippen LogP contribution in [0.5, 0.6) is 11.5 Å². The highest BCUT2D eigenvalue weighted by atomic mass is 16.5. The summed E-state index contributed by atoms with van der Waals surface area (Å²) in [6, 6.07) is 15.9. The number of benzene rings is 2. The summed E-state index contributed by atoms with van der Waals surface area (Å²) in [5.41, 5.74) is 6.94. The number of carbonyl (C=O) groups is 2. The molecular weight excluding hydrogens is 332 g/mol. The van der Waals surface area contributed by atoms with E-state index in [1.54, 1.807) is 24.3 Å². The van der Waals surface area contributed by atoms with E-state index in [1.807, 2.05) is 30.3 Å². The van der Waals surface area contributed by atoms with Gasteiger partial charge in [-0.05, 0) is 18.2 Å². The van der Waals surface area contributed by atoms with Crippen LogP contribution in [-0.4, -0.2) is 21.8 Å². The smallest absolute Gasteiger partial charge is 0.248 e. The largest absolute Gasteiger partial charge is 0.453 e. The number of nitrogens with zero attached hydrogens (tertiary/aromatic N) is 2. The predicted octanol–water partition coefficient (Wildman–Crippen LogP) is 2.99. The number of rotatable bonds is 5. The average molecular weight is 348 g/mol. The molecule has 3 rings (SSSR count). The lowest BCUT2D eigenvalue weighted by atomic mass is 10.1. The zero-order chi connectivity index (χ0) is 18.5. The molecule has 0 aliphatic heterocycles. The Morgan fingerprint density at radius 3 is 2.54 bits per heavy atom. The number of ether oxygens (including phenoxy) is 1. The van der Waals surface area contributed by atoms with Crippen molar-refractivity contribution in [2.75, 3.05) is 5.32 Å². The second-order valence-corrected chi connectivity index (χ2v) is 5.45. The Bertz CT molecular complexity index is 958. The van der Waals surface area contributed by atoms with E-state index in [1.165, 1.54) is 13.1 Å². The van der Waals surface area contributed by atoms with Gasteiger partial charge in [-0.1, -0.05) is 36.4 Å². The highest BCUT2D eigenvalue weighted by molar-refractivity contribution is 5.93. The van der Waals surface area contributed by atoms with Gasteiger partial charge < -0.3 is 10.5 Å². The molecule has 2 aromatic carbocycles. The number of aromatic nitrogens is 2. The molecule has 7 nitrogen and oxygen atoms in total. The molecule has 130 valence electrons. The second kappa shape index (κ2) is 7.43. The molecule has 0 bridgehead atoms. The predicted molar refractivity (Wildman–Crippen MR) is 96.8 cm³/mol. The zero-order valence-electron chi connectivity index (χ0n) is 14.0. The van der Waals surface area contributed by atoms with E-state index in [4.69, 9.17) is 10.5 Å². The molecule has 3 aromatic rings. The molecule has 1 heterocycles. The van der Waals surface area contributed by atoms with Crippen LogP contribution in [0.3, 0.4) is 0 Å². The topological polar surface area (TPSA) is 107 Å². The highest BCUT2D eigenvalue weighted by Crippen LogP contribution is 2.32. The summed E-state index contributed by atoms with van der Waals surface area (Å²) in [5, 5.41) is 2.55. The number of amides is 2. The van der Waals surface area contributed by atoms with Gasteiger partial charge in [0.25, 0.3) is 0 Å². The van der Waals surface area contributed by atoms with E-state index in [2.05, 4.69) is 15.3 Å². The van der Waals surface area contributed by atoms with Crippen molar-refractivity contribution in [1.29, 1.82) is 0 Å². The molecule has 2 amide bonds. The van der Waals surface area contributed by atoms with Crippen molar-refractivity contribution in [3.05, 3.63) is 66.4 Å². The van der Waals surface area contributed by atoms with Gasteiger partial charge in [0.1, 0.15) is 11.4 Å². The van der Waals surface area contributed by atoms with Crippen LogP contribution in [0.25, 0.3) is 11.3 Å². The van der Waals surface area contributed by atoms with Crippen LogP contribution in [0, 0.1) is 0 Å². The van der Waals surface area contributed by atoms with Crippen molar-refractivity contribution >= 4 is 17.8 Å². The number of anilines is 1. The number of carbonyl (C=O) groups excluding carboxylic acids is 2. The molecule has 0 atom stereocenters. The van der Waals surface area contributed by atoms with Gasteiger partial charge in [-0.15, -0.1) is 0 Å². The lowest BCUT2D eigenvalue weighted by molar-refractivity contribution is -0.114. The molecular formula is C19H16N4O3. The minimum Gasteiger partial charge on any atom is -0.453 e. The Balaban J connectivity index is 2.02. The number of hydrogen-bond donors (Lipinski definition) is 2. The average Bonchev–Trinajstić information content (AvgIpc) is 2.63. The van der Waals surface area contributed by atoms with Crippen LogP contribution in [0.2, 0.25) is 0 Å². The Labute approximate surface area is 149 Å². The normalized spacial score (nSPS) is 10.2. The Morgan fingerprint density at radius 1 is 1.08 bits per heavy atom. The lowest BCUT2D eigenvalue weighted by Gasteiger charge is -2.12. The SMILES string of the molecule is CC(=O)Nc1ncc(Oc2cccc(C(N)=O)c2)c(-c2ccccc2)n1. The van der Waals surface area contributed by atoms with Crippen molar-refractivity contribution in [2.24, 2.45) is 5.73 Å². The van der Waals surface area contributed by atoms with E-state index in [0.29, 0.717) is 22.8 Å². The fourth-order valence-corrected chi connectivity index (χ4v) is 2.31. The molecule has 3 N–H and O–H groups in total. The summed E-state index contributed by atoms with van der Waals surface area (Å²) in [4.78, 5) is 31.1. The van der Waals surface area contributed by atoms with Gasteiger partial charge in [-0.2, -0.15) is 0 Å². The Morgan fingerprint density at radius 2 is 1.85 bits per heavy atom. The number of nitrogens with two attached hydrogens (primary N) is 1. The van der Waals surface area contributed by atoms with Gasteiger partial charge in [-0.25, -0.2) is 9.97 Å². The lowest BCUT2D eigenvalue weighted by Crippen LogP contribution is -2.11. The third-order valence-corrected chi connectivity index (χ3v) is 3.44. The van der Waals surface area contributed by atoms with Gasteiger partial charge in [0.15, 0.2) is 5.75 Å². The van der Waals surface area contributed by atoms with Crippen molar-refractivity contribution in [3.8, 4) is 22.8 Å². The van der Waals surface area contributed by atoms with Crippen molar-refractivity contribution in [3.63, 3.8) is 0 Å².